The minimum atomic E-state index is -3.33. The predicted molar refractivity (Wildman–Crippen MR) is 460 cm³/mol. The highest BCUT2D eigenvalue weighted by Gasteiger charge is 2.38. The van der Waals surface area contributed by atoms with Crippen LogP contribution in [0, 0.1) is 5.41 Å². The molecule has 0 spiro atoms. The van der Waals surface area contributed by atoms with Crippen molar-refractivity contribution in [3.8, 4) is 46.0 Å². The molecule has 9 aromatic rings. The first-order valence-electron chi connectivity index (χ1n) is 41.3. The van der Waals surface area contributed by atoms with Crippen molar-refractivity contribution in [3.63, 3.8) is 0 Å². The molecule has 24 heteroatoms. The number of aromatic nitrogens is 1. The Balaban J connectivity index is 0.000000129. The van der Waals surface area contributed by atoms with Crippen LogP contribution in [0.3, 0.4) is 0 Å². The van der Waals surface area contributed by atoms with E-state index in [4.69, 9.17) is 49.0 Å². The highest BCUT2D eigenvalue weighted by atomic mass is 32.2. The van der Waals surface area contributed by atoms with E-state index in [2.05, 4.69) is 17.1 Å². The Kier molecular flexibility index (Phi) is 27.0. The zero-order chi connectivity index (χ0) is 82.6. The first kappa shape index (κ1) is 83.5. The van der Waals surface area contributed by atoms with E-state index in [-0.39, 0.29) is 82.4 Å². The topological polar surface area (TPSA) is 269 Å². The number of ether oxygens (including phenoxy) is 8. The number of fused-ring (bicyclic) bond motifs is 1. The highest BCUT2D eigenvalue weighted by molar-refractivity contribution is 7.90. The Morgan fingerprint density at radius 1 is 0.407 bits per heavy atom. The van der Waals surface area contributed by atoms with E-state index in [0.29, 0.717) is 68.9 Å². The number of nitrogen functional groups attached to an aromatic ring is 1. The number of nitrogens with one attached hydrogen (secondary N) is 1. The zero-order valence-electron chi connectivity index (χ0n) is 68.2. The smallest absolute Gasteiger partial charge is 0.227 e. The maximum Gasteiger partial charge on any atom is 0.227 e. The molecule has 0 radical (unpaired) electrons. The number of hydrogen-bond donors (Lipinski definition) is 2. The first-order chi connectivity index (χ1) is 57.1. The van der Waals surface area contributed by atoms with E-state index in [1.54, 1.807) is 92.0 Å². The SMILES string of the molecule is COc1ccc([C@@H]2CC(=O)N(c3cccc(C(=N)N)c3)C2)cc1OC1CCCC1.COc1ccc([C@@H]2CC(=O)N(c3cccc(S(C)(=O)=O)c3)C2)cc1OC1CCCC1.COc1ccc([C@@H]2CC(=O)N(c3cccc(S(C)=O)c3)C2)cc1OC1CCCC1.COc1ccc([C@H]2CC(=O)N(c3cnc4ccccc4c3)C2)cc1OC1CCCC1. The quantitative estimate of drug-likeness (QED) is 0.0445. The van der Waals surface area contributed by atoms with Crippen LogP contribution in [0.25, 0.3) is 10.9 Å². The number of amidine groups is 1. The van der Waals surface area contributed by atoms with Gasteiger partial charge >= 0.3 is 0 Å². The Labute approximate surface area is 694 Å². The number of amides is 4. The summed E-state index contributed by atoms with van der Waals surface area (Å²) in [7, 11) is 2.20. The standard InChI is InChI=1S/C25H26N2O3.C23H27N3O3.C23H27NO5S.C23H27NO4S/c1-29-23-11-10-17(13-24(23)30-21-7-3-4-8-21)19-14-25(28)27(16-19)20-12-18-6-2-5-9-22(18)26-15-20;1-28-20-10-9-15(12-21(20)29-19-7-2-3-8-19)17-13-22(27)26(14-17)18-6-4-5-16(11-18)23(24)25;1-28-21-11-10-16(12-22(21)29-19-7-3-4-8-19)17-13-23(25)24(15-17)18-6-5-9-20(14-18)30(2,26)27;1-27-21-11-10-16(12-22(21)28-19-7-3-4-8-19)17-13-23(25)24(15-17)18-6-5-9-20(14-18)29(2)26/h2,5-6,9-13,15,19,21H,3-4,7-8,14,16H2,1H3;4-6,9-12,17,19H,2-3,7-8,13-14H2,1H3,(H3,24,25);5-6,9-12,14,17,19H,3-4,7-8,13,15H2,1-2H3;5-6,9-12,14,17,19H,3-4,7-8,13,15H2,1-2H3/t19-;2*17-;17-,29?/m0111/s1. The number of rotatable bonds is 23. The van der Waals surface area contributed by atoms with E-state index in [1.165, 1.54) is 57.6 Å². The molecule has 0 bridgehead atoms. The summed E-state index contributed by atoms with van der Waals surface area (Å²) in [5, 5.41) is 8.67. The summed E-state index contributed by atoms with van der Waals surface area (Å²) in [4.78, 5) is 63.5. The minimum absolute atomic E-state index is 0.00102. The number of carbonyl (C=O) groups is 4. The van der Waals surface area contributed by atoms with Crippen LogP contribution in [0.4, 0.5) is 22.7 Å². The normalized spacial score (nSPS) is 20.0. The van der Waals surface area contributed by atoms with Gasteiger partial charge in [0, 0.05) is 132 Å². The number of methoxy groups -OCH3 is 4. The lowest BCUT2D eigenvalue weighted by Crippen LogP contribution is -2.24. The Bertz CT molecular complexity index is 5100. The van der Waals surface area contributed by atoms with Gasteiger partial charge in [0.2, 0.25) is 23.6 Å². The van der Waals surface area contributed by atoms with Gasteiger partial charge in [-0.3, -0.25) is 33.8 Å². The maximum atomic E-state index is 12.8. The second-order valence-corrected chi connectivity index (χ2v) is 35.3. The summed E-state index contributed by atoms with van der Waals surface area (Å²) in [6, 6.07) is 55.3. The number of carbonyl (C=O) groups excluding carboxylic acids is 4. The number of sulfone groups is 1. The second kappa shape index (κ2) is 38.2. The van der Waals surface area contributed by atoms with Gasteiger partial charge in [0.15, 0.2) is 55.8 Å². The van der Waals surface area contributed by atoms with Crippen molar-refractivity contribution in [1.29, 1.82) is 5.41 Å². The number of nitrogens with two attached hydrogens (primary N) is 1. The van der Waals surface area contributed by atoms with Gasteiger partial charge in [-0.25, -0.2) is 8.42 Å². The third-order valence-corrected chi connectivity index (χ3v) is 25.9. The van der Waals surface area contributed by atoms with Crippen molar-refractivity contribution in [1.82, 2.24) is 4.98 Å². The number of anilines is 4. The predicted octanol–water partition coefficient (Wildman–Crippen LogP) is 17.1. The number of pyridine rings is 1. The molecule has 3 N–H and O–H groups in total. The van der Waals surface area contributed by atoms with Crippen LogP contribution in [-0.4, -0.2) is 139 Å². The Morgan fingerprint density at radius 2 is 0.746 bits per heavy atom. The van der Waals surface area contributed by atoms with Gasteiger partial charge in [-0.05, 0) is 234 Å². The lowest BCUT2D eigenvalue weighted by Gasteiger charge is -2.20. The fourth-order valence-corrected chi connectivity index (χ4v) is 18.6. The Hall–Kier alpha value is -11.0. The van der Waals surface area contributed by atoms with E-state index in [0.717, 1.165) is 147 Å². The van der Waals surface area contributed by atoms with Crippen molar-refractivity contribution in [3.05, 3.63) is 210 Å². The third kappa shape index (κ3) is 20.2. The van der Waals surface area contributed by atoms with Crippen LogP contribution >= 0.6 is 0 Å². The molecule has 4 aliphatic carbocycles. The lowest BCUT2D eigenvalue weighted by molar-refractivity contribution is -0.118. The molecule has 1 aromatic heterocycles. The van der Waals surface area contributed by atoms with E-state index < -0.39 is 20.6 Å². The highest BCUT2D eigenvalue weighted by Crippen LogP contribution is 2.45. The first-order valence-corrected chi connectivity index (χ1v) is 44.7. The minimum Gasteiger partial charge on any atom is -0.493 e. The summed E-state index contributed by atoms with van der Waals surface area (Å²) in [6.45, 7) is 2.35. The molecule has 8 aliphatic rings. The van der Waals surface area contributed by atoms with Crippen LogP contribution in [0.2, 0.25) is 0 Å². The van der Waals surface area contributed by atoms with Gasteiger partial charge in [-0.2, -0.15) is 0 Å². The van der Waals surface area contributed by atoms with Gasteiger partial charge in [-0.15, -0.1) is 0 Å². The van der Waals surface area contributed by atoms with Crippen LogP contribution in [0.15, 0.2) is 192 Å². The summed E-state index contributed by atoms with van der Waals surface area (Å²) >= 11 is 0. The molecule has 8 aromatic carbocycles. The van der Waals surface area contributed by atoms with Crippen molar-refractivity contribution in [2.75, 3.05) is 86.7 Å². The molecular weight excluding hydrogens is 1530 g/mol. The van der Waals surface area contributed by atoms with Crippen LogP contribution in [-0.2, 0) is 39.8 Å². The summed E-state index contributed by atoms with van der Waals surface area (Å²) in [5.74, 6) is 6.57. The van der Waals surface area contributed by atoms with Gasteiger partial charge in [0.1, 0.15) is 5.84 Å². The number of nitrogens with zero attached hydrogens (tertiary/aromatic N) is 5. The molecule has 4 aliphatic heterocycles. The average Bonchev–Trinajstić information content (AvgIpc) is 1.66. The number of hydrogen-bond acceptors (Lipinski definition) is 17. The van der Waals surface area contributed by atoms with E-state index in [1.807, 2.05) is 132 Å². The van der Waals surface area contributed by atoms with Gasteiger partial charge < -0.3 is 63.2 Å². The molecule has 4 saturated heterocycles. The lowest BCUT2D eigenvalue weighted by atomic mass is 9.98. The molecule has 5 heterocycles. The van der Waals surface area contributed by atoms with Crippen molar-refractivity contribution in [2.24, 2.45) is 5.73 Å². The summed E-state index contributed by atoms with van der Waals surface area (Å²) < 4.78 is 82.4. The molecule has 620 valence electrons. The largest absolute Gasteiger partial charge is 0.493 e. The maximum absolute atomic E-state index is 12.8. The molecule has 22 nitrogen and oxygen atoms in total. The average molecular weight is 1640 g/mol. The molecule has 17 rings (SSSR count). The molecular formula is C94H107N7O15S2. The molecule has 5 atom stereocenters. The fourth-order valence-electron chi connectivity index (χ4n) is 17.4. The fraction of sp³-hybridized carbons (Fsp3) is 0.404. The molecule has 4 saturated carbocycles. The third-order valence-electron chi connectivity index (χ3n) is 23.9. The van der Waals surface area contributed by atoms with E-state index >= 15 is 0 Å². The van der Waals surface area contributed by atoms with Gasteiger partial charge in [0.05, 0.1) is 75.2 Å². The zero-order valence-corrected chi connectivity index (χ0v) is 69.8. The molecule has 118 heavy (non-hydrogen) atoms. The van der Waals surface area contributed by atoms with Crippen LogP contribution in [0.1, 0.15) is 180 Å². The monoisotopic (exact) mass is 1640 g/mol. The van der Waals surface area contributed by atoms with E-state index in [9.17, 15) is 31.8 Å². The van der Waals surface area contributed by atoms with Crippen LogP contribution in [0.5, 0.6) is 46.0 Å². The van der Waals surface area contributed by atoms with Crippen LogP contribution < -0.4 is 63.2 Å². The van der Waals surface area contributed by atoms with Crippen molar-refractivity contribution < 1.29 is 69.7 Å². The number of benzene rings is 8. The number of para-hydroxylation sites is 1. The second-order valence-electron chi connectivity index (χ2n) is 31.9. The van der Waals surface area contributed by atoms with Gasteiger partial charge in [0.25, 0.3) is 0 Å². The summed E-state index contributed by atoms with van der Waals surface area (Å²) in [5.41, 5.74) is 14.5. The Morgan fingerprint density at radius 3 is 1.10 bits per heavy atom. The van der Waals surface area contributed by atoms with Crippen molar-refractivity contribution in [2.45, 2.75) is 186 Å². The molecule has 1 unspecified atom stereocenters. The van der Waals surface area contributed by atoms with Crippen molar-refractivity contribution >= 4 is 83.8 Å². The van der Waals surface area contributed by atoms with Gasteiger partial charge in [-0.1, -0.05) is 66.7 Å². The molecule has 8 fully saturated rings. The molecule has 4 amide bonds. The summed E-state index contributed by atoms with van der Waals surface area (Å²) in [6.07, 6.45) is 25.6.